The van der Waals surface area contributed by atoms with E-state index in [-0.39, 0.29) is 43.9 Å². The molecule has 3 aliphatic rings. The Morgan fingerprint density at radius 1 is 1.00 bits per heavy atom. The van der Waals surface area contributed by atoms with Crippen LogP contribution < -0.4 is 25.5 Å². The van der Waals surface area contributed by atoms with Crippen LogP contribution in [0.5, 0.6) is 0 Å². The average molecular weight is 592 g/mol. The number of aromatic nitrogens is 1. The molecule has 0 bridgehead atoms. The molecule has 1 saturated carbocycles. The number of nitrogens with zero attached hydrogens (tertiary/aromatic N) is 3. The van der Waals surface area contributed by atoms with Crippen molar-refractivity contribution in [2.45, 2.75) is 51.4 Å². The third-order valence-electron chi connectivity index (χ3n) is 8.08. The van der Waals surface area contributed by atoms with Crippen molar-refractivity contribution in [1.29, 1.82) is 0 Å². The summed E-state index contributed by atoms with van der Waals surface area (Å²) in [5.41, 5.74) is 1.97. The predicted octanol–water partition coefficient (Wildman–Crippen LogP) is 3.49. The number of pyridine rings is 1. The van der Waals surface area contributed by atoms with E-state index >= 15 is 0 Å². The van der Waals surface area contributed by atoms with E-state index in [4.69, 9.17) is 4.74 Å². The van der Waals surface area contributed by atoms with Gasteiger partial charge in [0.05, 0.1) is 46.8 Å². The molecule has 1 spiro atoms. The predicted molar refractivity (Wildman–Crippen MR) is 154 cm³/mol. The third kappa shape index (κ3) is 7.13. The summed E-state index contributed by atoms with van der Waals surface area (Å²) < 4.78 is 48.8. The van der Waals surface area contributed by atoms with Crippen molar-refractivity contribution in [3.05, 3.63) is 52.4 Å². The second kappa shape index (κ2) is 11.9. The Bertz CT molecular complexity index is 1330. The van der Waals surface area contributed by atoms with Crippen LogP contribution in [0.2, 0.25) is 0 Å². The number of piperidine rings is 2. The van der Waals surface area contributed by atoms with Crippen molar-refractivity contribution >= 4 is 40.3 Å². The second-order valence-electron chi connectivity index (χ2n) is 11.0. The molecular weight excluding hydrogens is 556 g/mol. The SMILES string of the molecule is CCOC(=O)C[S+]([O-])Nc1ccc(C(=O)Nc2ccc(=O)n(N3CCC(F)(F)CC3)c2)c(N2CCC3(CC2)CC3)c1. The number of carbonyl (C=O) groups is 2. The molecule has 1 amide bonds. The van der Waals surface area contributed by atoms with Gasteiger partial charge >= 0.3 is 5.97 Å². The standard InChI is InChI=1S/C28H35F2N5O5S/c1-2-40-25(37)19-41(39)32-20-3-5-22(23(17-20)33-13-9-27(7-8-27)10-14-33)26(38)31-21-4-6-24(36)35(18-21)34-15-11-28(29,30)12-16-34/h3-6,17-18,32H,2,7-16,19H2,1H3,(H,31,38). The molecular formula is C28H35F2N5O5S. The van der Waals surface area contributed by atoms with E-state index in [9.17, 15) is 27.7 Å². The fourth-order valence-electron chi connectivity index (χ4n) is 5.43. The minimum atomic E-state index is -2.75. The topological polar surface area (TPSA) is 119 Å². The van der Waals surface area contributed by atoms with E-state index in [2.05, 4.69) is 14.9 Å². The van der Waals surface area contributed by atoms with Gasteiger partial charge in [-0.3, -0.25) is 9.59 Å². The molecule has 1 atom stereocenters. The van der Waals surface area contributed by atoms with E-state index in [1.165, 1.54) is 35.8 Å². The number of benzene rings is 1. The van der Waals surface area contributed by atoms with Crippen LogP contribution in [0, 0.1) is 5.41 Å². The first kappa shape index (κ1) is 29.2. The number of esters is 1. The van der Waals surface area contributed by atoms with Crippen molar-refractivity contribution in [1.82, 2.24) is 4.68 Å². The van der Waals surface area contributed by atoms with E-state index < -0.39 is 29.2 Å². The Balaban J connectivity index is 1.35. The van der Waals surface area contributed by atoms with Gasteiger partial charge in [-0.05, 0) is 62.3 Å². The normalized spacial score (nSPS) is 19.9. The summed E-state index contributed by atoms with van der Waals surface area (Å²) in [5, 5.41) is 4.40. The smallest absolute Gasteiger partial charge is 0.358 e. The maximum Gasteiger partial charge on any atom is 0.358 e. The van der Waals surface area contributed by atoms with E-state index in [1.807, 2.05) is 0 Å². The lowest BCUT2D eigenvalue weighted by atomic mass is 9.93. The number of rotatable bonds is 9. The molecule has 3 heterocycles. The van der Waals surface area contributed by atoms with Gasteiger partial charge in [-0.15, -0.1) is 0 Å². The van der Waals surface area contributed by atoms with Crippen LogP contribution in [0.15, 0.2) is 41.3 Å². The molecule has 5 rings (SSSR count). The molecule has 10 nitrogen and oxygen atoms in total. The van der Waals surface area contributed by atoms with Gasteiger partial charge in [0.25, 0.3) is 17.4 Å². The maximum absolute atomic E-state index is 13.6. The van der Waals surface area contributed by atoms with Crippen LogP contribution in [0.1, 0.15) is 55.8 Å². The van der Waals surface area contributed by atoms with E-state index in [1.54, 1.807) is 30.1 Å². The van der Waals surface area contributed by atoms with E-state index in [0.717, 1.165) is 25.9 Å². The van der Waals surface area contributed by atoms with Crippen LogP contribution in [-0.4, -0.2) is 65.6 Å². The molecule has 2 N–H and O–H groups in total. The first-order valence-corrected chi connectivity index (χ1v) is 15.3. The minimum Gasteiger partial charge on any atom is -0.593 e. The zero-order valence-corrected chi connectivity index (χ0v) is 23.8. The van der Waals surface area contributed by atoms with Gasteiger partial charge in [0.1, 0.15) is 0 Å². The molecule has 3 fully saturated rings. The Hall–Kier alpha value is -3.32. The largest absolute Gasteiger partial charge is 0.593 e. The van der Waals surface area contributed by atoms with E-state index in [0.29, 0.717) is 28.0 Å². The van der Waals surface area contributed by atoms with Crippen LogP contribution >= 0.6 is 0 Å². The number of carbonyl (C=O) groups excluding carboxylic acids is 2. The fraction of sp³-hybridized carbons (Fsp3) is 0.536. The summed E-state index contributed by atoms with van der Waals surface area (Å²) in [6, 6.07) is 7.81. The highest BCUT2D eigenvalue weighted by Gasteiger charge is 2.44. The lowest BCUT2D eigenvalue weighted by Crippen LogP contribution is -2.49. The monoisotopic (exact) mass is 591 g/mol. The Labute approximate surface area is 240 Å². The molecule has 1 aliphatic carbocycles. The summed E-state index contributed by atoms with van der Waals surface area (Å²) in [4.78, 5) is 39.9. The van der Waals surface area contributed by atoms with Gasteiger partial charge in [-0.25, -0.2) is 23.0 Å². The lowest BCUT2D eigenvalue weighted by molar-refractivity contribution is -0.139. The zero-order valence-electron chi connectivity index (χ0n) is 23.0. The summed E-state index contributed by atoms with van der Waals surface area (Å²) in [5.74, 6) is -4.02. The highest BCUT2D eigenvalue weighted by Crippen LogP contribution is 2.54. The van der Waals surface area contributed by atoms with Crippen molar-refractivity contribution in [3.63, 3.8) is 0 Å². The van der Waals surface area contributed by atoms with Gasteiger partial charge < -0.3 is 24.5 Å². The Kier molecular flexibility index (Phi) is 8.46. The first-order chi connectivity index (χ1) is 19.6. The Morgan fingerprint density at radius 3 is 2.34 bits per heavy atom. The molecule has 13 heteroatoms. The highest BCUT2D eigenvalue weighted by molar-refractivity contribution is 7.93. The summed E-state index contributed by atoms with van der Waals surface area (Å²) >= 11 is -1.71. The van der Waals surface area contributed by atoms with Crippen molar-refractivity contribution in [2.75, 3.05) is 58.5 Å². The zero-order chi connectivity index (χ0) is 29.2. The fourth-order valence-corrected chi connectivity index (χ4v) is 6.19. The molecule has 2 aliphatic heterocycles. The number of nitrogens with one attached hydrogen (secondary N) is 2. The lowest BCUT2D eigenvalue weighted by Gasteiger charge is -2.35. The molecule has 1 aromatic heterocycles. The number of hydrogen-bond donors (Lipinski definition) is 2. The molecule has 41 heavy (non-hydrogen) atoms. The first-order valence-electron chi connectivity index (χ1n) is 13.9. The number of anilines is 3. The molecule has 1 aromatic carbocycles. The number of alkyl halides is 2. The molecule has 2 saturated heterocycles. The summed E-state index contributed by atoms with van der Waals surface area (Å²) in [6.45, 7) is 3.48. The van der Waals surface area contributed by atoms with Crippen molar-refractivity contribution in [2.24, 2.45) is 5.41 Å². The highest BCUT2D eigenvalue weighted by atomic mass is 32.2. The Morgan fingerprint density at radius 2 is 1.68 bits per heavy atom. The maximum atomic E-state index is 13.6. The number of amides is 1. The van der Waals surface area contributed by atoms with Crippen LogP contribution in [0.25, 0.3) is 0 Å². The molecule has 0 radical (unpaired) electrons. The summed E-state index contributed by atoms with van der Waals surface area (Å²) in [7, 11) is 0. The van der Waals surface area contributed by atoms with Gasteiger partial charge in [0.15, 0.2) is 0 Å². The van der Waals surface area contributed by atoms with Gasteiger partial charge in [0, 0.05) is 45.1 Å². The quantitative estimate of drug-likeness (QED) is 0.336. The van der Waals surface area contributed by atoms with Crippen molar-refractivity contribution in [3.8, 4) is 0 Å². The van der Waals surface area contributed by atoms with Crippen LogP contribution in [0.4, 0.5) is 25.8 Å². The van der Waals surface area contributed by atoms with Gasteiger partial charge in [0.2, 0.25) is 5.75 Å². The second-order valence-corrected chi connectivity index (χ2v) is 12.2. The van der Waals surface area contributed by atoms with Crippen LogP contribution in [0.3, 0.4) is 0 Å². The van der Waals surface area contributed by atoms with Gasteiger partial charge in [-0.1, -0.05) is 0 Å². The van der Waals surface area contributed by atoms with Gasteiger partial charge in [-0.2, -0.15) is 0 Å². The number of ether oxygens (including phenoxy) is 1. The van der Waals surface area contributed by atoms with Crippen LogP contribution in [-0.2, 0) is 20.9 Å². The molecule has 222 valence electrons. The van der Waals surface area contributed by atoms with Crippen molar-refractivity contribution < 1.29 is 27.7 Å². The minimum absolute atomic E-state index is 0.0247. The molecule has 1 unspecified atom stereocenters. The average Bonchev–Trinajstić information content (AvgIpc) is 3.69. The number of hydrogen-bond acceptors (Lipinski definition) is 8. The summed E-state index contributed by atoms with van der Waals surface area (Å²) in [6.07, 6.45) is 5.28. The number of halogens is 2. The third-order valence-corrected chi connectivity index (χ3v) is 9.04. The molecule has 2 aromatic rings.